The van der Waals surface area contributed by atoms with Crippen LogP contribution in [0.25, 0.3) is 11.4 Å². The molecule has 0 spiro atoms. The molecular formula is C15H20N4. The first kappa shape index (κ1) is 12.4. The molecule has 0 unspecified atom stereocenters. The van der Waals surface area contributed by atoms with E-state index in [4.69, 9.17) is 10.7 Å². The predicted octanol–water partition coefficient (Wildman–Crippen LogP) is 2.77. The standard InChI is InChI=1S/C15H20N4/c1-10-9-14(13-3-2-8-17-13)19-15(18-10)11-4-6-12(16)7-5-11/h2-3,8-9,11-12,17H,4-7,16H2,1H3. The van der Waals surface area contributed by atoms with Gasteiger partial charge in [-0.25, -0.2) is 9.97 Å². The van der Waals surface area contributed by atoms with Crippen molar-refractivity contribution >= 4 is 0 Å². The number of hydrogen-bond acceptors (Lipinski definition) is 3. The number of aromatic amines is 1. The van der Waals surface area contributed by atoms with Gasteiger partial charge in [-0.15, -0.1) is 0 Å². The molecule has 3 rings (SSSR count). The summed E-state index contributed by atoms with van der Waals surface area (Å²) in [5, 5.41) is 0. The number of aryl methyl sites for hydroxylation is 1. The average molecular weight is 256 g/mol. The minimum absolute atomic E-state index is 0.365. The Morgan fingerprint density at radius 2 is 2.00 bits per heavy atom. The molecular weight excluding hydrogens is 236 g/mol. The van der Waals surface area contributed by atoms with Crippen LogP contribution in [0.4, 0.5) is 0 Å². The van der Waals surface area contributed by atoms with Gasteiger partial charge in [-0.2, -0.15) is 0 Å². The van der Waals surface area contributed by atoms with Crippen LogP contribution >= 0.6 is 0 Å². The zero-order valence-electron chi connectivity index (χ0n) is 11.3. The van der Waals surface area contributed by atoms with E-state index in [1.165, 1.54) is 0 Å². The highest BCUT2D eigenvalue weighted by Gasteiger charge is 2.22. The van der Waals surface area contributed by atoms with Crippen LogP contribution in [-0.2, 0) is 0 Å². The van der Waals surface area contributed by atoms with Crippen molar-refractivity contribution in [2.24, 2.45) is 5.73 Å². The second-order valence-electron chi connectivity index (χ2n) is 5.45. The number of rotatable bonds is 2. The third-order valence-electron chi connectivity index (χ3n) is 3.88. The van der Waals surface area contributed by atoms with Crippen LogP contribution in [0.5, 0.6) is 0 Å². The van der Waals surface area contributed by atoms with Crippen molar-refractivity contribution in [2.75, 3.05) is 0 Å². The molecule has 0 radical (unpaired) electrons. The smallest absolute Gasteiger partial charge is 0.132 e. The molecule has 0 bridgehead atoms. The largest absolute Gasteiger partial charge is 0.360 e. The van der Waals surface area contributed by atoms with Gasteiger partial charge >= 0.3 is 0 Å². The van der Waals surface area contributed by atoms with Crippen molar-refractivity contribution in [3.63, 3.8) is 0 Å². The molecule has 0 aromatic carbocycles. The molecule has 4 heteroatoms. The van der Waals surface area contributed by atoms with Crippen molar-refractivity contribution < 1.29 is 0 Å². The molecule has 0 amide bonds. The van der Waals surface area contributed by atoms with Crippen molar-refractivity contribution in [2.45, 2.75) is 44.6 Å². The summed E-state index contributed by atoms with van der Waals surface area (Å²) in [6.45, 7) is 2.03. The molecule has 0 atom stereocenters. The summed E-state index contributed by atoms with van der Waals surface area (Å²) in [4.78, 5) is 12.6. The van der Waals surface area contributed by atoms with Crippen LogP contribution in [0.1, 0.15) is 43.1 Å². The quantitative estimate of drug-likeness (QED) is 0.868. The molecule has 1 aliphatic rings. The molecule has 0 aliphatic heterocycles. The van der Waals surface area contributed by atoms with Gasteiger partial charge in [0.2, 0.25) is 0 Å². The second kappa shape index (κ2) is 5.13. The second-order valence-corrected chi connectivity index (χ2v) is 5.45. The van der Waals surface area contributed by atoms with E-state index in [0.717, 1.165) is 48.6 Å². The zero-order valence-corrected chi connectivity index (χ0v) is 11.3. The summed E-state index contributed by atoms with van der Waals surface area (Å²) < 4.78 is 0. The van der Waals surface area contributed by atoms with Gasteiger partial charge in [-0.1, -0.05) is 0 Å². The summed E-state index contributed by atoms with van der Waals surface area (Å²) in [6, 6.07) is 6.43. The Kier molecular flexibility index (Phi) is 3.34. The van der Waals surface area contributed by atoms with Gasteiger partial charge in [-0.3, -0.25) is 0 Å². The summed E-state index contributed by atoms with van der Waals surface area (Å²) >= 11 is 0. The highest BCUT2D eigenvalue weighted by Crippen LogP contribution is 2.31. The highest BCUT2D eigenvalue weighted by atomic mass is 14.9. The lowest BCUT2D eigenvalue weighted by Gasteiger charge is -2.25. The third-order valence-corrected chi connectivity index (χ3v) is 3.88. The van der Waals surface area contributed by atoms with Crippen LogP contribution in [0.15, 0.2) is 24.4 Å². The molecule has 1 saturated carbocycles. The number of nitrogens with zero attached hydrogens (tertiary/aromatic N) is 2. The molecule has 2 aromatic rings. The van der Waals surface area contributed by atoms with Gasteiger partial charge in [0, 0.05) is 23.9 Å². The summed E-state index contributed by atoms with van der Waals surface area (Å²) in [5.41, 5.74) is 9.04. The van der Waals surface area contributed by atoms with E-state index in [1.54, 1.807) is 0 Å². The van der Waals surface area contributed by atoms with Crippen LogP contribution < -0.4 is 5.73 Å². The number of nitrogens with one attached hydrogen (secondary N) is 1. The highest BCUT2D eigenvalue weighted by molar-refractivity contribution is 5.54. The Bertz CT molecular complexity index is 539. The van der Waals surface area contributed by atoms with Crippen molar-refractivity contribution in [1.29, 1.82) is 0 Å². The Hall–Kier alpha value is -1.68. The van der Waals surface area contributed by atoms with Gasteiger partial charge in [0.05, 0.1) is 11.4 Å². The maximum absolute atomic E-state index is 5.97. The summed E-state index contributed by atoms with van der Waals surface area (Å²) in [5.74, 6) is 1.45. The van der Waals surface area contributed by atoms with Crippen molar-refractivity contribution in [1.82, 2.24) is 15.0 Å². The Labute approximate surface area is 113 Å². The molecule has 0 saturated heterocycles. The Morgan fingerprint density at radius 1 is 1.21 bits per heavy atom. The topological polar surface area (TPSA) is 67.6 Å². The monoisotopic (exact) mass is 256 g/mol. The fourth-order valence-electron chi connectivity index (χ4n) is 2.78. The lowest BCUT2D eigenvalue weighted by atomic mass is 9.86. The number of nitrogens with two attached hydrogens (primary N) is 1. The van der Waals surface area contributed by atoms with Gasteiger partial charge in [0.25, 0.3) is 0 Å². The molecule has 100 valence electrons. The molecule has 1 fully saturated rings. The zero-order chi connectivity index (χ0) is 13.2. The van der Waals surface area contributed by atoms with Crippen LogP contribution in [0.2, 0.25) is 0 Å². The van der Waals surface area contributed by atoms with Gasteiger partial charge < -0.3 is 10.7 Å². The van der Waals surface area contributed by atoms with E-state index in [1.807, 2.05) is 31.3 Å². The average Bonchev–Trinajstić information content (AvgIpc) is 2.93. The summed E-state index contributed by atoms with van der Waals surface area (Å²) in [6.07, 6.45) is 6.30. The van der Waals surface area contributed by atoms with Crippen LogP contribution in [-0.4, -0.2) is 21.0 Å². The first-order valence-electron chi connectivity index (χ1n) is 6.97. The fourth-order valence-corrected chi connectivity index (χ4v) is 2.78. The summed E-state index contributed by atoms with van der Waals surface area (Å²) in [7, 11) is 0. The van der Waals surface area contributed by atoms with Crippen LogP contribution in [0.3, 0.4) is 0 Å². The van der Waals surface area contributed by atoms with Crippen LogP contribution in [0, 0.1) is 6.92 Å². The van der Waals surface area contributed by atoms with E-state index in [0.29, 0.717) is 12.0 Å². The Balaban J connectivity index is 1.90. The molecule has 1 aliphatic carbocycles. The minimum atomic E-state index is 0.365. The van der Waals surface area contributed by atoms with Gasteiger partial charge in [0.1, 0.15) is 5.82 Å². The third kappa shape index (κ3) is 2.68. The van der Waals surface area contributed by atoms with Gasteiger partial charge in [0.15, 0.2) is 0 Å². The molecule has 2 heterocycles. The maximum atomic E-state index is 5.97. The molecule has 4 nitrogen and oxygen atoms in total. The van der Waals surface area contributed by atoms with Crippen molar-refractivity contribution in [3.05, 3.63) is 35.9 Å². The van der Waals surface area contributed by atoms with Gasteiger partial charge in [-0.05, 0) is 50.8 Å². The van der Waals surface area contributed by atoms with E-state index < -0.39 is 0 Å². The minimum Gasteiger partial charge on any atom is -0.360 e. The van der Waals surface area contributed by atoms with E-state index in [2.05, 4.69) is 9.97 Å². The predicted molar refractivity (Wildman–Crippen MR) is 75.7 cm³/mol. The molecule has 3 N–H and O–H groups in total. The molecule has 19 heavy (non-hydrogen) atoms. The Morgan fingerprint density at radius 3 is 2.68 bits per heavy atom. The number of H-pyrrole nitrogens is 1. The van der Waals surface area contributed by atoms with E-state index in [9.17, 15) is 0 Å². The van der Waals surface area contributed by atoms with Crippen molar-refractivity contribution in [3.8, 4) is 11.4 Å². The van der Waals surface area contributed by atoms with E-state index in [-0.39, 0.29) is 0 Å². The maximum Gasteiger partial charge on any atom is 0.132 e. The normalized spacial score (nSPS) is 23.5. The fraction of sp³-hybridized carbons (Fsp3) is 0.467. The first-order chi connectivity index (χ1) is 9.22. The number of hydrogen-bond donors (Lipinski definition) is 2. The number of aromatic nitrogens is 3. The first-order valence-corrected chi connectivity index (χ1v) is 6.97. The lowest BCUT2D eigenvalue weighted by Crippen LogP contribution is -2.26. The lowest BCUT2D eigenvalue weighted by molar-refractivity contribution is 0.384. The SMILES string of the molecule is Cc1cc(-c2ccc[nH]2)nc(C2CCC(N)CC2)n1. The molecule has 2 aromatic heterocycles. The van der Waals surface area contributed by atoms with E-state index >= 15 is 0 Å².